The molecule has 0 saturated carbocycles. The van der Waals surface area contributed by atoms with Crippen LogP contribution < -0.4 is 15.6 Å². The highest BCUT2D eigenvalue weighted by Crippen LogP contribution is 2.32. The molecular formula is C26H23N3O6S2. The number of carbonyl (C=O) groups is 1. The van der Waals surface area contributed by atoms with E-state index in [1.807, 2.05) is 12.1 Å². The Morgan fingerprint density at radius 3 is 2.78 bits per heavy atom. The van der Waals surface area contributed by atoms with Crippen LogP contribution in [0.1, 0.15) is 23.8 Å². The molecule has 0 radical (unpaired) electrons. The monoisotopic (exact) mass is 537 g/mol. The van der Waals surface area contributed by atoms with E-state index in [0.717, 1.165) is 16.6 Å². The minimum atomic E-state index is -3.95. The minimum absolute atomic E-state index is 0.0270. The molecular weight excluding hydrogens is 514 g/mol. The van der Waals surface area contributed by atoms with Gasteiger partial charge >= 0.3 is 11.7 Å². The Labute approximate surface area is 216 Å². The van der Waals surface area contributed by atoms with Gasteiger partial charge in [0.05, 0.1) is 33.8 Å². The fourth-order valence-electron chi connectivity index (χ4n) is 4.41. The Morgan fingerprint density at radius 2 is 1.97 bits per heavy atom. The van der Waals surface area contributed by atoms with E-state index in [1.54, 1.807) is 24.4 Å². The van der Waals surface area contributed by atoms with Crippen molar-refractivity contribution in [3.63, 3.8) is 0 Å². The number of nitrogens with one attached hydrogen (secondary N) is 1. The maximum Gasteiger partial charge on any atom is 0.333 e. The number of para-hydroxylation sites is 1. The van der Waals surface area contributed by atoms with Crippen LogP contribution in [-0.4, -0.2) is 37.1 Å². The normalized spacial score (nSPS) is 13.7. The largest absolute Gasteiger partial charge is 0.463 e. The van der Waals surface area contributed by atoms with Crippen LogP contribution in [0, 0.1) is 0 Å². The van der Waals surface area contributed by atoms with Crippen LogP contribution in [0.15, 0.2) is 74.5 Å². The van der Waals surface area contributed by atoms with E-state index in [2.05, 4.69) is 4.98 Å². The van der Waals surface area contributed by atoms with Gasteiger partial charge in [-0.3, -0.25) is 9.10 Å². The number of thiophene rings is 1. The molecule has 0 unspecified atom stereocenters. The summed E-state index contributed by atoms with van der Waals surface area (Å²) in [6.07, 6.45) is 4.16. The molecule has 1 aliphatic rings. The fraction of sp³-hybridized carbons (Fsp3) is 0.192. The fourth-order valence-corrected chi connectivity index (χ4v) is 6.88. The Bertz CT molecular complexity index is 1760. The highest BCUT2D eigenvalue weighted by atomic mass is 32.2. The van der Waals surface area contributed by atoms with Gasteiger partial charge < -0.3 is 9.72 Å². The molecule has 0 atom stereocenters. The third-order valence-electron chi connectivity index (χ3n) is 6.07. The van der Waals surface area contributed by atoms with E-state index in [4.69, 9.17) is 4.74 Å². The summed E-state index contributed by atoms with van der Waals surface area (Å²) in [5, 5.41) is 1.82. The number of aryl methyl sites for hydroxylation is 1. The van der Waals surface area contributed by atoms with Crippen molar-refractivity contribution in [2.75, 3.05) is 17.5 Å². The molecule has 0 saturated heterocycles. The summed E-state index contributed by atoms with van der Waals surface area (Å²) < 4.78 is 34.4. The topological polar surface area (TPSA) is 119 Å². The molecule has 1 N–H and O–H groups in total. The summed E-state index contributed by atoms with van der Waals surface area (Å²) in [5.74, 6) is -0.550. The minimum Gasteiger partial charge on any atom is -0.463 e. The molecule has 0 amide bonds. The van der Waals surface area contributed by atoms with Crippen molar-refractivity contribution in [2.24, 2.45) is 0 Å². The lowest BCUT2D eigenvalue weighted by Crippen LogP contribution is -2.36. The number of H-pyrrole nitrogens is 1. The van der Waals surface area contributed by atoms with Crippen molar-refractivity contribution in [2.45, 2.75) is 24.7 Å². The molecule has 0 bridgehead atoms. The molecule has 2 aromatic heterocycles. The number of esters is 1. The quantitative estimate of drug-likeness (QED) is 0.297. The second-order valence-corrected chi connectivity index (χ2v) is 11.1. The number of sulfonamides is 1. The van der Waals surface area contributed by atoms with E-state index < -0.39 is 27.2 Å². The van der Waals surface area contributed by atoms with Gasteiger partial charge in [-0.25, -0.2) is 22.6 Å². The molecule has 11 heteroatoms. The second kappa shape index (κ2) is 9.83. The highest BCUT2D eigenvalue weighted by Gasteiger charge is 2.29. The number of hydrogen-bond donors (Lipinski definition) is 1. The van der Waals surface area contributed by atoms with Crippen molar-refractivity contribution in [3.05, 3.63) is 91.3 Å². The SMILES string of the molecule is CCOC(=O)/C=C/c1scc2[nH]c(=O)n(-c3cccc(S(=O)(=O)N4CCCc5ccccc54)c3)c(=O)c12. The first-order valence-corrected chi connectivity index (χ1v) is 14.0. The summed E-state index contributed by atoms with van der Waals surface area (Å²) in [4.78, 5) is 41.2. The van der Waals surface area contributed by atoms with Gasteiger partial charge in [0.1, 0.15) is 0 Å². The number of anilines is 1. The Morgan fingerprint density at radius 1 is 1.16 bits per heavy atom. The molecule has 37 heavy (non-hydrogen) atoms. The maximum atomic E-state index is 13.6. The van der Waals surface area contributed by atoms with Crippen LogP contribution in [0.3, 0.4) is 0 Å². The van der Waals surface area contributed by atoms with E-state index in [0.29, 0.717) is 29.0 Å². The van der Waals surface area contributed by atoms with Gasteiger partial charge in [-0.05, 0) is 55.7 Å². The number of ether oxygens (including phenoxy) is 1. The molecule has 0 aliphatic carbocycles. The summed E-state index contributed by atoms with van der Waals surface area (Å²) >= 11 is 1.19. The van der Waals surface area contributed by atoms with Gasteiger partial charge in [0.2, 0.25) is 0 Å². The predicted molar refractivity (Wildman–Crippen MR) is 143 cm³/mol. The molecule has 2 aromatic carbocycles. The third-order valence-corrected chi connectivity index (χ3v) is 8.83. The molecule has 4 aromatic rings. The number of benzene rings is 2. The van der Waals surface area contributed by atoms with Crippen molar-refractivity contribution >= 4 is 50.0 Å². The van der Waals surface area contributed by atoms with Crippen molar-refractivity contribution in [1.82, 2.24) is 9.55 Å². The lowest BCUT2D eigenvalue weighted by atomic mass is 10.0. The highest BCUT2D eigenvalue weighted by molar-refractivity contribution is 7.92. The number of aromatic amines is 1. The number of carbonyl (C=O) groups excluding carboxylic acids is 1. The molecule has 190 valence electrons. The molecule has 9 nitrogen and oxygen atoms in total. The standard InChI is InChI=1S/C26H23N3O6S2/c1-2-35-23(30)13-12-22-24-20(16-36-22)27-26(32)29(25(24)31)18-9-5-10-19(15-18)37(33,34)28-14-6-8-17-7-3-4-11-21(17)28/h3-5,7,9-13,15-16H,2,6,8,14H2,1H3,(H,27,32)/b13-12+. The van der Waals surface area contributed by atoms with Crippen molar-refractivity contribution in [3.8, 4) is 5.69 Å². The zero-order valence-corrected chi connectivity index (χ0v) is 21.5. The molecule has 3 heterocycles. The van der Waals surface area contributed by atoms with Crippen molar-refractivity contribution in [1.29, 1.82) is 0 Å². The van der Waals surface area contributed by atoms with Crippen molar-refractivity contribution < 1.29 is 17.9 Å². The lowest BCUT2D eigenvalue weighted by molar-refractivity contribution is -0.137. The molecule has 5 rings (SSSR count). The average molecular weight is 538 g/mol. The number of nitrogens with zero attached hydrogens (tertiary/aromatic N) is 2. The summed E-state index contributed by atoms with van der Waals surface area (Å²) in [7, 11) is -3.95. The number of rotatable bonds is 6. The first kappa shape index (κ1) is 24.7. The summed E-state index contributed by atoms with van der Waals surface area (Å²) in [6.45, 7) is 2.24. The third kappa shape index (κ3) is 4.51. The average Bonchev–Trinajstić information content (AvgIpc) is 3.30. The molecule has 1 aliphatic heterocycles. The molecule has 0 fully saturated rings. The van der Waals surface area contributed by atoms with Gasteiger partial charge in [0, 0.05) is 22.9 Å². The number of hydrogen-bond acceptors (Lipinski definition) is 7. The van der Waals surface area contributed by atoms with Crippen LogP contribution in [0.25, 0.3) is 22.7 Å². The number of fused-ring (bicyclic) bond motifs is 2. The number of aromatic nitrogens is 2. The zero-order chi connectivity index (χ0) is 26.2. The summed E-state index contributed by atoms with van der Waals surface area (Å²) in [6, 6.07) is 13.2. The van der Waals surface area contributed by atoms with Crippen LogP contribution in [-0.2, 0) is 26.0 Å². The van der Waals surface area contributed by atoms with Gasteiger partial charge in [-0.2, -0.15) is 0 Å². The van der Waals surface area contributed by atoms with Gasteiger partial charge in [0.25, 0.3) is 15.6 Å². The Hall–Kier alpha value is -3.96. The smallest absolute Gasteiger partial charge is 0.333 e. The van der Waals surface area contributed by atoms with E-state index >= 15 is 0 Å². The second-order valence-electron chi connectivity index (χ2n) is 8.35. The van der Waals surface area contributed by atoms with Gasteiger partial charge in [-0.1, -0.05) is 24.3 Å². The molecule has 0 spiro atoms. The maximum absolute atomic E-state index is 13.6. The summed E-state index contributed by atoms with van der Waals surface area (Å²) in [5.41, 5.74) is 0.703. The Balaban J connectivity index is 1.60. The van der Waals surface area contributed by atoms with E-state index in [-0.39, 0.29) is 22.6 Å². The first-order chi connectivity index (χ1) is 17.8. The van der Waals surface area contributed by atoms with E-state index in [1.165, 1.54) is 52.1 Å². The van der Waals surface area contributed by atoms with Gasteiger partial charge in [-0.15, -0.1) is 11.3 Å². The van der Waals surface area contributed by atoms with Gasteiger partial charge in [0.15, 0.2) is 0 Å². The zero-order valence-electron chi connectivity index (χ0n) is 19.8. The van der Waals surface area contributed by atoms with Crippen LogP contribution in [0.2, 0.25) is 0 Å². The Kier molecular flexibility index (Phi) is 6.57. The van der Waals surface area contributed by atoms with Crippen LogP contribution in [0.5, 0.6) is 0 Å². The lowest BCUT2D eigenvalue weighted by Gasteiger charge is -2.30. The van der Waals surface area contributed by atoms with Crippen LogP contribution >= 0.6 is 11.3 Å². The predicted octanol–water partition coefficient (Wildman–Crippen LogP) is 3.46. The van der Waals surface area contributed by atoms with E-state index in [9.17, 15) is 22.8 Å². The van der Waals surface area contributed by atoms with Crippen LogP contribution in [0.4, 0.5) is 5.69 Å². The first-order valence-electron chi connectivity index (χ1n) is 11.6.